The van der Waals surface area contributed by atoms with Crippen LogP contribution in [0.25, 0.3) is 0 Å². The highest BCUT2D eigenvalue weighted by molar-refractivity contribution is 6.29. The normalized spacial score (nSPS) is 17.7. The van der Waals surface area contributed by atoms with Gasteiger partial charge in [-0.05, 0) is 42.5 Å². The first-order valence-electron chi connectivity index (χ1n) is 8.79. The molecule has 5 nitrogen and oxygen atoms in total. The SMILES string of the molecule is CCc1ccc(C2CNCCN2C(=O)CCc2c(C)noc2Cl)cc1. The lowest BCUT2D eigenvalue weighted by Crippen LogP contribution is -2.48. The first kappa shape index (κ1) is 18.0. The van der Waals surface area contributed by atoms with Crippen LogP contribution in [-0.2, 0) is 17.6 Å². The molecule has 1 aliphatic heterocycles. The zero-order valence-corrected chi connectivity index (χ0v) is 15.5. The number of carbonyl (C=O) groups is 1. The van der Waals surface area contributed by atoms with Gasteiger partial charge in [-0.1, -0.05) is 36.3 Å². The van der Waals surface area contributed by atoms with Gasteiger partial charge in [0.15, 0.2) is 0 Å². The van der Waals surface area contributed by atoms with Crippen molar-refractivity contribution < 1.29 is 9.32 Å². The molecule has 1 saturated heterocycles. The second-order valence-corrected chi connectivity index (χ2v) is 6.77. The van der Waals surface area contributed by atoms with Crippen molar-refractivity contribution >= 4 is 17.5 Å². The van der Waals surface area contributed by atoms with Gasteiger partial charge in [-0.2, -0.15) is 0 Å². The van der Waals surface area contributed by atoms with Crippen molar-refractivity contribution in [2.75, 3.05) is 19.6 Å². The fourth-order valence-corrected chi connectivity index (χ4v) is 3.56. The summed E-state index contributed by atoms with van der Waals surface area (Å²) in [5.74, 6) is 0.141. The summed E-state index contributed by atoms with van der Waals surface area (Å²) in [6.07, 6.45) is 1.98. The molecule has 134 valence electrons. The molecule has 0 bridgehead atoms. The fraction of sp³-hybridized carbons (Fsp3) is 0.474. The summed E-state index contributed by atoms with van der Waals surface area (Å²) in [6, 6.07) is 8.64. The van der Waals surface area contributed by atoms with Crippen LogP contribution in [0.1, 0.15) is 41.8 Å². The number of carbonyl (C=O) groups excluding carboxylic acids is 1. The molecule has 1 aromatic carbocycles. The van der Waals surface area contributed by atoms with Gasteiger partial charge in [0.1, 0.15) is 0 Å². The van der Waals surface area contributed by atoms with E-state index in [4.69, 9.17) is 16.1 Å². The molecular formula is C19H24ClN3O2. The summed E-state index contributed by atoms with van der Waals surface area (Å²) in [7, 11) is 0. The standard InChI is InChI=1S/C19H24ClN3O2/c1-3-14-4-6-15(7-5-14)17-12-21-10-11-23(17)18(24)9-8-16-13(2)22-25-19(16)20/h4-7,17,21H,3,8-12H2,1-2H3. The number of halogens is 1. The number of rotatable bonds is 5. The van der Waals surface area contributed by atoms with Gasteiger partial charge in [-0.25, -0.2) is 0 Å². The summed E-state index contributed by atoms with van der Waals surface area (Å²) in [6.45, 7) is 6.31. The van der Waals surface area contributed by atoms with Crippen LogP contribution in [0.2, 0.25) is 5.22 Å². The van der Waals surface area contributed by atoms with E-state index in [2.05, 4.69) is 41.7 Å². The maximum Gasteiger partial charge on any atom is 0.229 e. The molecule has 1 unspecified atom stereocenters. The van der Waals surface area contributed by atoms with Crippen molar-refractivity contribution in [3.63, 3.8) is 0 Å². The molecule has 0 radical (unpaired) electrons. The van der Waals surface area contributed by atoms with Crippen LogP contribution < -0.4 is 5.32 Å². The van der Waals surface area contributed by atoms with Crippen molar-refractivity contribution in [3.8, 4) is 0 Å². The summed E-state index contributed by atoms with van der Waals surface area (Å²) in [5.41, 5.74) is 4.07. The minimum atomic E-state index is 0.0752. The monoisotopic (exact) mass is 361 g/mol. The van der Waals surface area contributed by atoms with Crippen molar-refractivity contribution in [1.29, 1.82) is 0 Å². The van der Waals surface area contributed by atoms with Crippen LogP contribution in [0.3, 0.4) is 0 Å². The molecule has 0 aliphatic carbocycles. The van der Waals surface area contributed by atoms with Gasteiger partial charge in [-0.15, -0.1) is 0 Å². The van der Waals surface area contributed by atoms with Crippen LogP contribution in [0.4, 0.5) is 0 Å². The predicted octanol–water partition coefficient (Wildman–Crippen LogP) is 3.30. The number of hydrogen-bond acceptors (Lipinski definition) is 4. The second kappa shape index (κ2) is 8.02. The van der Waals surface area contributed by atoms with Crippen molar-refractivity contribution in [2.45, 2.75) is 39.2 Å². The number of hydrogen-bond donors (Lipinski definition) is 1. The number of nitrogens with zero attached hydrogens (tertiary/aromatic N) is 2. The van der Waals surface area contributed by atoms with Gasteiger partial charge in [0.25, 0.3) is 0 Å². The number of aromatic nitrogens is 1. The van der Waals surface area contributed by atoms with E-state index in [1.54, 1.807) is 0 Å². The molecule has 1 N–H and O–H groups in total. The quantitative estimate of drug-likeness (QED) is 0.887. The number of amides is 1. The summed E-state index contributed by atoms with van der Waals surface area (Å²) < 4.78 is 4.97. The average Bonchev–Trinajstić information content (AvgIpc) is 2.97. The smallest absolute Gasteiger partial charge is 0.229 e. The maximum absolute atomic E-state index is 12.8. The Bertz CT molecular complexity index is 707. The van der Waals surface area contributed by atoms with Gasteiger partial charge in [0, 0.05) is 31.6 Å². The highest BCUT2D eigenvalue weighted by atomic mass is 35.5. The predicted molar refractivity (Wildman–Crippen MR) is 97.7 cm³/mol. The first-order valence-corrected chi connectivity index (χ1v) is 9.17. The molecule has 1 aliphatic rings. The molecule has 1 aromatic heterocycles. The van der Waals surface area contributed by atoms with Gasteiger partial charge in [0.05, 0.1) is 11.7 Å². The van der Waals surface area contributed by atoms with Crippen molar-refractivity contribution in [3.05, 3.63) is 51.9 Å². The molecule has 1 amide bonds. The molecule has 0 saturated carbocycles. The number of benzene rings is 1. The fourth-order valence-electron chi connectivity index (χ4n) is 3.29. The summed E-state index contributed by atoms with van der Waals surface area (Å²) in [5, 5.41) is 7.53. The molecule has 2 heterocycles. The summed E-state index contributed by atoms with van der Waals surface area (Å²) in [4.78, 5) is 14.8. The molecule has 2 aromatic rings. The highest BCUT2D eigenvalue weighted by Gasteiger charge is 2.28. The van der Waals surface area contributed by atoms with Crippen LogP contribution in [0.5, 0.6) is 0 Å². The van der Waals surface area contributed by atoms with Crippen molar-refractivity contribution in [1.82, 2.24) is 15.4 Å². The Morgan fingerprint density at radius 2 is 2.16 bits per heavy atom. The Morgan fingerprint density at radius 1 is 1.40 bits per heavy atom. The van der Waals surface area contributed by atoms with E-state index in [1.165, 1.54) is 11.1 Å². The van der Waals surface area contributed by atoms with E-state index in [-0.39, 0.29) is 17.2 Å². The third kappa shape index (κ3) is 4.05. The average molecular weight is 362 g/mol. The number of aryl methyl sites for hydroxylation is 2. The molecule has 1 atom stereocenters. The van der Waals surface area contributed by atoms with E-state index in [1.807, 2.05) is 11.8 Å². The topological polar surface area (TPSA) is 58.4 Å². The van der Waals surface area contributed by atoms with E-state index < -0.39 is 0 Å². The van der Waals surface area contributed by atoms with Gasteiger partial charge in [0.2, 0.25) is 11.1 Å². The largest absolute Gasteiger partial charge is 0.344 e. The Kier molecular flexibility index (Phi) is 5.76. The van der Waals surface area contributed by atoms with E-state index in [0.29, 0.717) is 12.8 Å². The lowest BCUT2D eigenvalue weighted by atomic mass is 10.00. The highest BCUT2D eigenvalue weighted by Crippen LogP contribution is 2.25. The minimum absolute atomic E-state index is 0.0752. The number of piperazine rings is 1. The lowest BCUT2D eigenvalue weighted by Gasteiger charge is -2.36. The first-order chi connectivity index (χ1) is 12.1. The zero-order chi connectivity index (χ0) is 17.8. The van der Waals surface area contributed by atoms with Crippen LogP contribution in [0, 0.1) is 6.92 Å². The Balaban J connectivity index is 1.70. The molecule has 6 heteroatoms. The molecule has 1 fully saturated rings. The zero-order valence-electron chi connectivity index (χ0n) is 14.7. The molecule has 25 heavy (non-hydrogen) atoms. The third-order valence-corrected chi connectivity index (χ3v) is 5.16. The van der Waals surface area contributed by atoms with E-state index >= 15 is 0 Å². The van der Waals surface area contributed by atoms with Crippen molar-refractivity contribution in [2.24, 2.45) is 0 Å². The van der Waals surface area contributed by atoms with Crippen LogP contribution in [0.15, 0.2) is 28.8 Å². The second-order valence-electron chi connectivity index (χ2n) is 6.42. The van der Waals surface area contributed by atoms with Crippen LogP contribution >= 0.6 is 11.6 Å². The van der Waals surface area contributed by atoms with Crippen LogP contribution in [-0.4, -0.2) is 35.6 Å². The number of nitrogens with one attached hydrogen (secondary N) is 1. The van der Waals surface area contributed by atoms with E-state index in [0.717, 1.165) is 37.3 Å². The van der Waals surface area contributed by atoms with E-state index in [9.17, 15) is 4.79 Å². The molecular weight excluding hydrogens is 338 g/mol. The maximum atomic E-state index is 12.8. The van der Waals surface area contributed by atoms with Gasteiger partial charge in [-0.3, -0.25) is 4.79 Å². The van der Waals surface area contributed by atoms with Gasteiger partial charge < -0.3 is 14.7 Å². The Hall–Kier alpha value is -1.85. The summed E-state index contributed by atoms with van der Waals surface area (Å²) >= 11 is 6.00. The molecule has 0 spiro atoms. The Labute approximate surface area is 153 Å². The minimum Gasteiger partial charge on any atom is -0.344 e. The molecule has 3 rings (SSSR count). The Morgan fingerprint density at radius 3 is 2.80 bits per heavy atom. The lowest BCUT2D eigenvalue weighted by molar-refractivity contribution is -0.134. The van der Waals surface area contributed by atoms with Gasteiger partial charge >= 0.3 is 0 Å². The third-order valence-electron chi connectivity index (χ3n) is 4.86.